The third-order valence-corrected chi connectivity index (χ3v) is 4.69. The van der Waals surface area contributed by atoms with Crippen molar-refractivity contribution >= 4 is 29.2 Å². The van der Waals surface area contributed by atoms with Crippen molar-refractivity contribution in [1.29, 1.82) is 0 Å². The fraction of sp³-hybridized carbons (Fsp3) is 0.391. The number of hydrogen-bond donors (Lipinski definition) is 1. The molecule has 0 aliphatic carbocycles. The molecule has 0 heterocycles. The molecule has 0 fully saturated rings. The second-order valence-corrected chi connectivity index (χ2v) is 7.93. The van der Waals surface area contributed by atoms with E-state index in [9.17, 15) is 9.59 Å². The van der Waals surface area contributed by atoms with E-state index in [1.165, 1.54) is 0 Å². The van der Waals surface area contributed by atoms with Crippen molar-refractivity contribution in [2.75, 3.05) is 11.9 Å². The summed E-state index contributed by atoms with van der Waals surface area (Å²) in [6, 6.07) is 12.7. The summed E-state index contributed by atoms with van der Waals surface area (Å²) in [6.45, 7) is 9.49. The molecule has 2 aromatic rings. The van der Waals surface area contributed by atoms with E-state index in [0.29, 0.717) is 10.8 Å². The van der Waals surface area contributed by atoms with Gasteiger partial charge in [0.2, 0.25) is 0 Å². The summed E-state index contributed by atoms with van der Waals surface area (Å²) in [5, 5.41) is 3.50. The van der Waals surface area contributed by atoms with Crippen LogP contribution in [0, 0.1) is 0 Å². The van der Waals surface area contributed by atoms with E-state index < -0.39 is 12.1 Å². The summed E-state index contributed by atoms with van der Waals surface area (Å²) in [5.74, 6) is -0.00203. The van der Waals surface area contributed by atoms with Crippen LogP contribution in [0.15, 0.2) is 42.5 Å². The number of esters is 1. The first kappa shape index (κ1) is 22.8. The third kappa shape index (κ3) is 6.50. The van der Waals surface area contributed by atoms with Crippen LogP contribution in [-0.2, 0) is 14.3 Å². The molecule has 1 atom stereocenters. The first-order valence-corrected chi connectivity index (χ1v) is 10.1. The van der Waals surface area contributed by atoms with Crippen LogP contribution >= 0.6 is 11.6 Å². The van der Waals surface area contributed by atoms with Gasteiger partial charge in [-0.1, -0.05) is 57.5 Å². The van der Waals surface area contributed by atoms with Crippen LogP contribution in [0.25, 0.3) is 0 Å². The largest absolute Gasteiger partial charge is 0.479 e. The summed E-state index contributed by atoms with van der Waals surface area (Å²) in [6.07, 6.45) is -0.849. The van der Waals surface area contributed by atoms with Crippen molar-refractivity contribution in [1.82, 2.24) is 0 Å². The lowest BCUT2D eigenvalue weighted by molar-refractivity contribution is -0.153. The average molecular weight is 418 g/mol. The van der Waals surface area contributed by atoms with Crippen LogP contribution in [0.1, 0.15) is 57.6 Å². The highest BCUT2D eigenvalue weighted by molar-refractivity contribution is 6.30. The molecule has 1 amide bonds. The Kier molecular flexibility index (Phi) is 8.09. The van der Waals surface area contributed by atoms with Crippen LogP contribution in [0.3, 0.4) is 0 Å². The molecule has 0 unspecified atom stereocenters. The molecule has 156 valence electrons. The van der Waals surface area contributed by atoms with Gasteiger partial charge in [0.15, 0.2) is 12.7 Å². The molecule has 2 aromatic carbocycles. The zero-order valence-electron chi connectivity index (χ0n) is 17.5. The number of hydrogen-bond acceptors (Lipinski definition) is 4. The zero-order valence-corrected chi connectivity index (χ0v) is 18.2. The second-order valence-electron chi connectivity index (χ2n) is 7.49. The molecule has 0 saturated heterocycles. The average Bonchev–Trinajstić information content (AvgIpc) is 2.67. The molecule has 0 spiro atoms. The van der Waals surface area contributed by atoms with E-state index >= 15 is 0 Å². The number of anilines is 1. The van der Waals surface area contributed by atoms with Crippen LogP contribution in [0.4, 0.5) is 5.69 Å². The number of halogens is 1. The highest BCUT2D eigenvalue weighted by Crippen LogP contribution is 2.32. The number of carbonyl (C=O) groups excluding carboxylic acids is 2. The minimum Gasteiger partial charge on any atom is -0.479 e. The molecule has 5 nitrogen and oxygen atoms in total. The highest BCUT2D eigenvalue weighted by atomic mass is 35.5. The molecule has 6 heteroatoms. The van der Waals surface area contributed by atoms with Crippen LogP contribution < -0.4 is 10.1 Å². The molecular formula is C23H28ClNO4. The first-order valence-electron chi connectivity index (χ1n) is 9.70. The SMILES string of the molecule is CC(C)c1cccc(C(C)C)c1NC(=O)COC(=O)[C@H](C)Oc1ccc(Cl)cc1. The van der Waals surface area contributed by atoms with E-state index in [1.807, 2.05) is 18.2 Å². The van der Waals surface area contributed by atoms with Gasteiger partial charge >= 0.3 is 5.97 Å². The number of amides is 1. The van der Waals surface area contributed by atoms with E-state index in [4.69, 9.17) is 21.1 Å². The van der Waals surface area contributed by atoms with Crippen LogP contribution in [0.2, 0.25) is 5.02 Å². The maximum absolute atomic E-state index is 12.4. The van der Waals surface area contributed by atoms with E-state index in [-0.39, 0.29) is 24.3 Å². The van der Waals surface area contributed by atoms with Crippen molar-refractivity contribution < 1.29 is 19.1 Å². The van der Waals surface area contributed by atoms with Gasteiger partial charge in [0, 0.05) is 10.7 Å². The Balaban J connectivity index is 1.97. The number of nitrogens with one attached hydrogen (secondary N) is 1. The zero-order chi connectivity index (χ0) is 21.6. The molecule has 0 saturated carbocycles. The maximum atomic E-state index is 12.4. The van der Waals surface area contributed by atoms with Gasteiger partial charge in [0.25, 0.3) is 5.91 Å². The van der Waals surface area contributed by atoms with Gasteiger partial charge in [-0.2, -0.15) is 0 Å². The first-order chi connectivity index (χ1) is 13.7. The number of carbonyl (C=O) groups is 2. The van der Waals surface area contributed by atoms with Gasteiger partial charge in [-0.3, -0.25) is 4.79 Å². The third-order valence-electron chi connectivity index (χ3n) is 4.44. The number of benzene rings is 2. The van der Waals surface area contributed by atoms with Crippen LogP contribution in [-0.4, -0.2) is 24.6 Å². The Morgan fingerprint density at radius 3 is 2.00 bits per heavy atom. The Bertz CT molecular complexity index is 820. The Hall–Kier alpha value is -2.53. The topological polar surface area (TPSA) is 64.6 Å². The monoisotopic (exact) mass is 417 g/mol. The fourth-order valence-corrected chi connectivity index (χ4v) is 3.02. The van der Waals surface area contributed by atoms with Gasteiger partial charge in [0.05, 0.1) is 0 Å². The van der Waals surface area contributed by atoms with Crippen molar-refractivity contribution in [2.24, 2.45) is 0 Å². The van der Waals surface area contributed by atoms with Crippen molar-refractivity contribution in [2.45, 2.75) is 52.6 Å². The summed E-state index contributed by atoms with van der Waals surface area (Å²) >= 11 is 5.83. The summed E-state index contributed by atoms with van der Waals surface area (Å²) in [5.41, 5.74) is 2.90. The highest BCUT2D eigenvalue weighted by Gasteiger charge is 2.20. The smallest absolute Gasteiger partial charge is 0.347 e. The Morgan fingerprint density at radius 1 is 0.931 bits per heavy atom. The molecular weight excluding hydrogens is 390 g/mol. The molecule has 0 aliphatic heterocycles. The van der Waals surface area contributed by atoms with Gasteiger partial charge in [0.1, 0.15) is 5.75 Å². The van der Waals surface area contributed by atoms with Crippen molar-refractivity contribution in [3.05, 3.63) is 58.6 Å². The van der Waals surface area contributed by atoms with Crippen molar-refractivity contribution in [3.8, 4) is 5.75 Å². The Labute approximate surface area is 177 Å². The molecule has 2 rings (SSSR count). The number of rotatable bonds is 8. The lowest BCUT2D eigenvalue weighted by Gasteiger charge is -2.20. The molecule has 1 N–H and O–H groups in total. The van der Waals surface area contributed by atoms with Gasteiger partial charge in [-0.05, 0) is 54.2 Å². The summed E-state index contributed by atoms with van der Waals surface area (Å²) < 4.78 is 10.7. The quantitative estimate of drug-likeness (QED) is 0.573. The fourth-order valence-electron chi connectivity index (χ4n) is 2.89. The van der Waals surface area contributed by atoms with Gasteiger partial charge in [-0.25, -0.2) is 4.79 Å². The normalized spacial score (nSPS) is 12.0. The minimum absolute atomic E-state index is 0.249. The predicted octanol–water partition coefficient (Wildman–Crippen LogP) is 5.54. The van der Waals surface area contributed by atoms with E-state index in [0.717, 1.165) is 16.8 Å². The number of ether oxygens (including phenoxy) is 2. The maximum Gasteiger partial charge on any atom is 0.347 e. The van der Waals surface area contributed by atoms with Gasteiger partial charge < -0.3 is 14.8 Å². The predicted molar refractivity (Wildman–Crippen MR) is 116 cm³/mol. The molecule has 0 aliphatic rings. The second kappa shape index (κ2) is 10.3. The molecule has 0 aromatic heterocycles. The number of para-hydroxylation sites is 1. The minimum atomic E-state index is -0.849. The standard InChI is InChI=1S/C23H28ClNO4/c1-14(2)19-7-6-8-20(15(3)4)22(19)25-21(26)13-28-23(27)16(5)29-18-11-9-17(24)10-12-18/h6-12,14-16H,13H2,1-5H3,(H,25,26)/t16-/m0/s1. The van der Waals surface area contributed by atoms with E-state index in [2.05, 4.69) is 33.0 Å². The lowest BCUT2D eigenvalue weighted by Crippen LogP contribution is -2.30. The lowest BCUT2D eigenvalue weighted by atomic mass is 9.92. The molecule has 0 bridgehead atoms. The molecule has 0 radical (unpaired) electrons. The Morgan fingerprint density at radius 2 is 1.48 bits per heavy atom. The van der Waals surface area contributed by atoms with Crippen molar-refractivity contribution in [3.63, 3.8) is 0 Å². The van der Waals surface area contributed by atoms with E-state index in [1.54, 1.807) is 31.2 Å². The molecule has 29 heavy (non-hydrogen) atoms. The van der Waals surface area contributed by atoms with Crippen LogP contribution in [0.5, 0.6) is 5.75 Å². The summed E-state index contributed by atoms with van der Waals surface area (Å²) in [4.78, 5) is 24.6. The summed E-state index contributed by atoms with van der Waals surface area (Å²) in [7, 11) is 0. The van der Waals surface area contributed by atoms with Gasteiger partial charge in [-0.15, -0.1) is 0 Å².